The number of carbonyl (C=O) groups excluding carboxylic acids is 1. The lowest BCUT2D eigenvalue weighted by Crippen LogP contribution is -2.38. The lowest BCUT2D eigenvalue weighted by molar-refractivity contribution is -0.129. The van der Waals surface area contributed by atoms with E-state index in [2.05, 4.69) is 17.2 Å². The number of pyridine rings is 1. The van der Waals surface area contributed by atoms with E-state index in [0.717, 1.165) is 31.6 Å². The van der Waals surface area contributed by atoms with E-state index in [1.165, 1.54) is 0 Å². The Bertz CT molecular complexity index is 366. The van der Waals surface area contributed by atoms with E-state index in [1.54, 1.807) is 6.20 Å². The molecule has 1 amide bonds. The highest BCUT2D eigenvalue weighted by Gasteiger charge is 2.30. The summed E-state index contributed by atoms with van der Waals surface area (Å²) < 4.78 is 0. The molecule has 0 saturated carbocycles. The first-order valence-corrected chi connectivity index (χ1v) is 6.23. The van der Waals surface area contributed by atoms with Crippen LogP contribution in [0.15, 0.2) is 24.4 Å². The minimum atomic E-state index is 0.0127. The average Bonchev–Trinajstić information content (AvgIpc) is 2.70. The van der Waals surface area contributed by atoms with Gasteiger partial charge in [0.1, 0.15) is 0 Å². The molecule has 92 valence electrons. The van der Waals surface area contributed by atoms with E-state index in [0.29, 0.717) is 6.54 Å². The van der Waals surface area contributed by atoms with Gasteiger partial charge in [0.25, 0.3) is 0 Å². The Morgan fingerprint density at radius 1 is 1.53 bits per heavy atom. The lowest BCUT2D eigenvalue weighted by atomic mass is 10.2. The summed E-state index contributed by atoms with van der Waals surface area (Å²) in [6.45, 7) is 4.48. The molecule has 1 atom stereocenters. The van der Waals surface area contributed by atoms with Crippen LogP contribution in [0.2, 0.25) is 0 Å². The summed E-state index contributed by atoms with van der Waals surface area (Å²) >= 11 is 0. The van der Waals surface area contributed by atoms with Crippen LogP contribution in [0.25, 0.3) is 0 Å². The van der Waals surface area contributed by atoms with Gasteiger partial charge in [-0.1, -0.05) is 13.0 Å². The molecule has 0 aromatic carbocycles. The maximum atomic E-state index is 12.1. The van der Waals surface area contributed by atoms with E-state index in [1.807, 2.05) is 23.1 Å². The fourth-order valence-corrected chi connectivity index (χ4v) is 2.09. The van der Waals surface area contributed by atoms with Gasteiger partial charge in [-0.15, -0.1) is 0 Å². The van der Waals surface area contributed by atoms with Gasteiger partial charge in [0.05, 0.1) is 18.3 Å². The third-order valence-electron chi connectivity index (χ3n) is 3.02. The third-order valence-corrected chi connectivity index (χ3v) is 3.02. The zero-order valence-electron chi connectivity index (χ0n) is 10.2. The van der Waals surface area contributed by atoms with Crippen LogP contribution in [0.4, 0.5) is 0 Å². The van der Waals surface area contributed by atoms with Crippen LogP contribution < -0.4 is 5.32 Å². The molecule has 1 aliphatic rings. The zero-order valence-corrected chi connectivity index (χ0v) is 10.2. The molecule has 1 aromatic rings. The van der Waals surface area contributed by atoms with Crippen molar-refractivity contribution in [2.24, 2.45) is 0 Å². The highest BCUT2D eigenvalue weighted by atomic mass is 16.2. The van der Waals surface area contributed by atoms with Gasteiger partial charge in [-0.05, 0) is 31.5 Å². The highest BCUT2D eigenvalue weighted by molar-refractivity contribution is 5.83. The molecule has 1 unspecified atom stereocenters. The summed E-state index contributed by atoms with van der Waals surface area (Å²) in [6, 6.07) is 5.81. The van der Waals surface area contributed by atoms with Gasteiger partial charge in [-0.2, -0.15) is 0 Å². The second-order valence-corrected chi connectivity index (χ2v) is 4.38. The molecule has 4 heteroatoms. The molecule has 0 bridgehead atoms. The van der Waals surface area contributed by atoms with Crippen molar-refractivity contribution < 1.29 is 4.79 Å². The molecule has 1 saturated heterocycles. The van der Waals surface area contributed by atoms with Crippen molar-refractivity contribution in [3.63, 3.8) is 0 Å². The summed E-state index contributed by atoms with van der Waals surface area (Å²) in [7, 11) is 0. The van der Waals surface area contributed by atoms with Crippen molar-refractivity contribution in [2.75, 3.05) is 13.1 Å². The average molecular weight is 233 g/mol. The number of amides is 1. The van der Waals surface area contributed by atoms with Crippen molar-refractivity contribution in [2.45, 2.75) is 32.4 Å². The van der Waals surface area contributed by atoms with Gasteiger partial charge < -0.3 is 10.2 Å². The minimum Gasteiger partial charge on any atom is -0.335 e. The Kier molecular flexibility index (Phi) is 4.09. The molecule has 0 spiro atoms. The lowest BCUT2D eigenvalue weighted by Gasteiger charge is -2.16. The molecule has 17 heavy (non-hydrogen) atoms. The number of likely N-dealkylation sites (tertiary alicyclic amines) is 1. The van der Waals surface area contributed by atoms with Crippen molar-refractivity contribution in [1.82, 2.24) is 15.2 Å². The van der Waals surface area contributed by atoms with E-state index in [9.17, 15) is 4.79 Å². The number of carbonyl (C=O) groups is 1. The molecule has 1 aromatic heterocycles. The van der Waals surface area contributed by atoms with Gasteiger partial charge >= 0.3 is 0 Å². The third kappa shape index (κ3) is 3.03. The van der Waals surface area contributed by atoms with Crippen molar-refractivity contribution in [1.29, 1.82) is 0 Å². The van der Waals surface area contributed by atoms with Gasteiger partial charge in [0, 0.05) is 12.7 Å². The Labute approximate surface area is 102 Å². The number of nitrogens with zero attached hydrogens (tertiary/aromatic N) is 2. The second kappa shape index (κ2) is 5.77. The molecular formula is C13H19N3O. The molecule has 2 rings (SSSR count). The van der Waals surface area contributed by atoms with Crippen molar-refractivity contribution >= 4 is 5.91 Å². The van der Waals surface area contributed by atoms with Crippen LogP contribution in [0.1, 0.15) is 25.5 Å². The van der Waals surface area contributed by atoms with Crippen molar-refractivity contribution in [3.05, 3.63) is 30.1 Å². The Hall–Kier alpha value is -1.42. The first-order chi connectivity index (χ1) is 8.31. The number of hydrogen-bond acceptors (Lipinski definition) is 3. The number of hydrogen-bond donors (Lipinski definition) is 1. The molecule has 0 aliphatic carbocycles. The quantitative estimate of drug-likeness (QED) is 0.830. The minimum absolute atomic E-state index is 0.0127. The van der Waals surface area contributed by atoms with Gasteiger partial charge in [-0.25, -0.2) is 0 Å². The fraction of sp³-hybridized carbons (Fsp3) is 0.538. The number of aromatic nitrogens is 1. The molecule has 1 aliphatic heterocycles. The first-order valence-electron chi connectivity index (χ1n) is 6.23. The number of nitrogens with one attached hydrogen (secondary N) is 1. The predicted molar refractivity (Wildman–Crippen MR) is 66.4 cm³/mol. The Morgan fingerprint density at radius 2 is 2.41 bits per heavy atom. The maximum absolute atomic E-state index is 12.1. The van der Waals surface area contributed by atoms with Crippen LogP contribution >= 0.6 is 0 Å². The van der Waals surface area contributed by atoms with Crippen LogP contribution in [0, 0.1) is 0 Å². The van der Waals surface area contributed by atoms with Gasteiger partial charge in [-0.3, -0.25) is 9.78 Å². The molecule has 1 fully saturated rings. The fourth-order valence-electron chi connectivity index (χ4n) is 2.09. The van der Waals surface area contributed by atoms with Crippen LogP contribution in [0.3, 0.4) is 0 Å². The van der Waals surface area contributed by atoms with Crippen LogP contribution in [-0.2, 0) is 11.3 Å². The van der Waals surface area contributed by atoms with E-state index in [-0.39, 0.29) is 11.9 Å². The summed E-state index contributed by atoms with van der Waals surface area (Å²) in [4.78, 5) is 18.2. The standard InChI is InChI=1S/C13H19N3O/c1-2-7-15-12-6-9-16(13(12)17)10-11-5-3-4-8-14-11/h3-5,8,12,15H,2,6-7,9-10H2,1H3. The normalized spacial score (nSPS) is 19.9. The Morgan fingerprint density at radius 3 is 3.12 bits per heavy atom. The molecule has 0 radical (unpaired) electrons. The van der Waals surface area contributed by atoms with Crippen molar-refractivity contribution in [3.8, 4) is 0 Å². The van der Waals surface area contributed by atoms with Crippen LogP contribution in [0.5, 0.6) is 0 Å². The monoisotopic (exact) mass is 233 g/mol. The molecule has 4 nitrogen and oxygen atoms in total. The summed E-state index contributed by atoms with van der Waals surface area (Å²) in [6.07, 6.45) is 3.73. The predicted octanol–water partition coefficient (Wildman–Crippen LogP) is 1.18. The summed E-state index contributed by atoms with van der Waals surface area (Å²) in [5.41, 5.74) is 0.956. The second-order valence-electron chi connectivity index (χ2n) is 4.38. The summed E-state index contributed by atoms with van der Waals surface area (Å²) in [5.74, 6) is 0.212. The Balaban J connectivity index is 1.89. The summed E-state index contributed by atoms with van der Waals surface area (Å²) in [5, 5.41) is 3.29. The maximum Gasteiger partial charge on any atom is 0.240 e. The SMILES string of the molecule is CCCNC1CCN(Cc2ccccn2)C1=O. The van der Waals surface area contributed by atoms with Gasteiger partial charge in [0.15, 0.2) is 0 Å². The topological polar surface area (TPSA) is 45.2 Å². The molecule has 2 heterocycles. The highest BCUT2D eigenvalue weighted by Crippen LogP contribution is 2.13. The zero-order chi connectivity index (χ0) is 12.1. The van der Waals surface area contributed by atoms with E-state index >= 15 is 0 Å². The largest absolute Gasteiger partial charge is 0.335 e. The first kappa shape index (κ1) is 12.0. The molecule has 1 N–H and O–H groups in total. The van der Waals surface area contributed by atoms with Crippen LogP contribution in [-0.4, -0.2) is 34.9 Å². The number of rotatable bonds is 5. The smallest absolute Gasteiger partial charge is 0.240 e. The van der Waals surface area contributed by atoms with Gasteiger partial charge in [0.2, 0.25) is 5.91 Å². The van der Waals surface area contributed by atoms with E-state index < -0.39 is 0 Å². The van der Waals surface area contributed by atoms with E-state index in [4.69, 9.17) is 0 Å². The molecular weight excluding hydrogens is 214 g/mol.